The van der Waals surface area contributed by atoms with Crippen LogP contribution < -0.4 is 4.74 Å². The first-order chi connectivity index (χ1) is 15.5. The van der Waals surface area contributed by atoms with Gasteiger partial charge in [-0.05, 0) is 41.8 Å². The van der Waals surface area contributed by atoms with E-state index < -0.39 is 17.5 Å². The minimum absolute atomic E-state index is 0.0702. The maximum absolute atomic E-state index is 13.2. The number of nitrogens with zero attached hydrogens (tertiary/aromatic N) is 1. The highest BCUT2D eigenvalue weighted by Crippen LogP contribution is 2.34. The average molecular weight is 434 g/mol. The van der Waals surface area contributed by atoms with Crippen molar-refractivity contribution in [2.24, 2.45) is 5.92 Å². The Morgan fingerprint density at radius 2 is 1.59 bits per heavy atom. The van der Waals surface area contributed by atoms with Gasteiger partial charge in [-0.1, -0.05) is 54.6 Å². The summed E-state index contributed by atoms with van der Waals surface area (Å²) in [7, 11) is 0. The van der Waals surface area contributed by atoms with E-state index in [9.17, 15) is 19.8 Å². The summed E-state index contributed by atoms with van der Waals surface area (Å²) in [6, 6.07) is 22.6. The van der Waals surface area contributed by atoms with Gasteiger partial charge in [0.25, 0.3) is 5.91 Å². The number of likely N-dealkylation sites (tertiary alicyclic amines) is 1. The summed E-state index contributed by atoms with van der Waals surface area (Å²) < 4.78 is 5.78. The SMILES string of the molecule is O=C(O)CC(COc1ccccc1)C1(O)CCN(C(=O)c2cccc3ccccc23)CC1. The molecule has 1 fully saturated rings. The number of hydrogen-bond donors (Lipinski definition) is 2. The first-order valence-corrected chi connectivity index (χ1v) is 10.9. The summed E-state index contributed by atoms with van der Waals surface area (Å²) in [4.78, 5) is 26.4. The van der Waals surface area contributed by atoms with Crippen LogP contribution in [0.5, 0.6) is 5.75 Å². The molecule has 1 heterocycles. The van der Waals surface area contributed by atoms with Gasteiger partial charge in [-0.3, -0.25) is 9.59 Å². The van der Waals surface area contributed by atoms with Crippen molar-refractivity contribution in [2.75, 3.05) is 19.7 Å². The molecule has 0 aromatic heterocycles. The Labute approximate surface area is 187 Å². The van der Waals surface area contributed by atoms with E-state index in [0.717, 1.165) is 10.8 Å². The first kappa shape index (κ1) is 21.8. The summed E-state index contributed by atoms with van der Waals surface area (Å²) in [6.07, 6.45) is 0.416. The van der Waals surface area contributed by atoms with E-state index >= 15 is 0 Å². The van der Waals surface area contributed by atoms with Gasteiger partial charge in [0, 0.05) is 24.6 Å². The summed E-state index contributed by atoms with van der Waals surface area (Å²) in [6.45, 7) is 0.824. The van der Waals surface area contributed by atoms with Crippen LogP contribution in [-0.2, 0) is 4.79 Å². The van der Waals surface area contributed by atoms with Crippen LogP contribution in [0.1, 0.15) is 29.6 Å². The van der Waals surface area contributed by atoms with Crippen LogP contribution in [0, 0.1) is 5.92 Å². The third-order valence-electron chi connectivity index (χ3n) is 6.31. The number of hydrogen-bond acceptors (Lipinski definition) is 4. The van der Waals surface area contributed by atoms with Crippen LogP contribution in [0.3, 0.4) is 0 Å². The Morgan fingerprint density at radius 1 is 0.938 bits per heavy atom. The number of carboxylic acids is 1. The molecule has 3 aromatic carbocycles. The molecule has 1 aliphatic rings. The zero-order chi connectivity index (χ0) is 22.6. The van der Waals surface area contributed by atoms with E-state index in [2.05, 4.69) is 0 Å². The van der Waals surface area contributed by atoms with Crippen molar-refractivity contribution in [2.45, 2.75) is 24.9 Å². The summed E-state index contributed by atoms with van der Waals surface area (Å²) in [5.41, 5.74) is -0.564. The lowest BCUT2D eigenvalue weighted by Crippen LogP contribution is -2.52. The summed E-state index contributed by atoms with van der Waals surface area (Å²) in [5.74, 6) is -0.987. The monoisotopic (exact) mass is 433 g/mol. The smallest absolute Gasteiger partial charge is 0.303 e. The second kappa shape index (κ2) is 9.40. The van der Waals surface area contributed by atoms with Gasteiger partial charge in [-0.2, -0.15) is 0 Å². The number of carbonyl (C=O) groups is 2. The van der Waals surface area contributed by atoms with E-state index in [4.69, 9.17) is 4.74 Å². The number of rotatable bonds is 7. The number of ether oxygens (including phenoxy) is 1. The molecule has 0 saturated carbocycles. The molecule has 3 aromatic rings. The number of carboxylic acid groups (broad SMARTS) is 1. The first-order valence-electron chi connectivity index (χ1n) is 10.9. The predicted octanol–water partition coefficient (Wildman–Crippen LogP) is 3.98. The fourth-order valence-electron chi connectivity index (χ4n) is 4.42. The molecule has 0 radical (unpaired) electrons. The molecule has 1 unspecified atom stereocenters. The van der Waals surface area contributed by atoms with Crippen LogP contribution in [0.25, 0.3) is 10.8 Å². The maximum atomic E-state index is 13.2. The summed E-state index contributed by atoms with van der Waals surface area (Å²) in [5, 5.41) is 22.6. The average Bonchev–Trinajstić information content (AvgIpc) is 2.82. The maximum Gasteiger partial charge on any atom is 0.303 e. The van der Waals surface area contributed by atoms with Gasteiger partial charge < -0.3 is 19.8 Å². The van der Waals surface area contributed by atoms with Gasteiger partial charge in [0.05, 0.1) is 18.6 Å². The molecule has 1 saturated heterocycles. The highest BCUT2D eigenvalue weighted by atomic mass is 16.5. The van der Waals surface area contributed by atoms with Crippen LogP contribution >= 0.6 is 0 Å². The van der Waals surface area contributed by atoms with E-state index in [-0.39, 0.29) is 18.9 Å². The van der Waals surface area contributed by atoms with E-state index in [1.165, 1.54) is 0 Å². The molecule has 6 heteroatoms. The number of aliphatic hydroxyl groups is 1. The number of carbonyl (C=O) groups excluding carboxylic acids is 1. The highest BCUT2D eigenvalue weighted by Gasteiger charge is 2.42. The third-order valence-corrected chi connectivity index (χ3v) is 6.31. The van der Waals surface area contributed by atoms with Crippen molar-refractivity contribution >= 4 is 22.6 Å². The fourth-order valence-corrected chi connectivity index (χ4v) is 4.42. The number of benzene rings is 3. The molecule has 166 valence electrons. The minimum Gasteiger partial charge on any atom is -0.493 e. The molecular formula is C26H27NO5. The van der Waals surface area contributed by atoms with E-state index in [0.29, 0.717) is 37.2 Å². The lowest BCUT2D eigenvalue weighted by Gasteiger charge is -2.42. The van der Waals surface area contributed by atoms with Gasteiger partial charge >= 0.3 is 5.97 Å². The summed E-state index contributed by atoms with van der Waals surface area (Å²) >= 11 is 0. The second-order valence-electron chi connectivity index (χ2n) is 8.34. The van der Waals surface area contributed by atoms with Crippen molar-refractivity contribution < 1.29 is 24.5 Å². The van der Waals surface area contributed by atoms with Crippen molar-refractivity contribution in [3.63, 3.8) is 0 Å². The normalized spacial score (nSPS) is 16.5. The standard InChI is InChI=1S/C26H27NO5/c28-24(29)17-20(18-32-21-9-2-1-3-10-21)26(31)13-15-27(16-14-26)25(30)23-12-6-8-19-7-4-5-11-22(19)23/h1-12,20,31H,13-18H2,(H,28,29). The Kier molecular flexibility index (Phi) is 6.42. The third kappa shape index (κ3) is 4.75. The lowest BCUT2D eigenvalue weighted by molar-refractivity contribution is -0.144. The van der Waals surface area contributed by atoms with Crippen LogP contribution in [0.2, 0.25) is 0 Å². The molecule has 2 N–H and O–H groups in total. The number of amides is 1. The number of para-hydroxylation sites is 1. The number of piperidine rings is 1. The fraction of sp³-hybridized carbons (Fsp3) is 0.308. The minimum atomic E-state index is -1.21. The number of fused-ring (bicyclic) bond motifs is 1. The zero-order valence-corrected chi connectivity index (χ0v) is 17.8. The van der Waals surface area contributed by atoms with Crippen LogP contribution in [0.4, 0.5) is 0 Å². The zero-order valence-electron chi connectivity index (χ0n) is 17.8. The quantitative estimate of drug-likeness (QED) is 0.589. The van der Waals surface area contributed by atoms with Crippen molar-refractivity contribution in [3.8, 4) is 5.75 Å². The molecule has 6 nitrogen and oxygen atoms in total. The predicted molar refractivity (Wildman–Crippen MR) is 122 cm³/mol. The largest absolute Gasteiger partial charge is 0.493 e. The topological polar surface area (TPSA) is 87.1 Å². The van der Waals surface area contributed by atoms with Crippen molar-refractivity contribution in [1.82, 2.24) is 4.90 Å². The van der Waals surface area contributed by atoms with Gasteiger partial charge in [0.1, 0.15) is 5.75 Å². The van der Waals surface area contributed by atoms with Crippen LogP contribution in [0.15, 0.2) is 72.8 Å². The van der Waals surface area contributed by atoms with Gasteiger partial charge in [-0.15, -0.1) is 0 Å². The Hall–Kier alpha value is -3.38. The van der Waals surface area contributed by atoms with Gasteiger partial charge in [-0.25, -0.2) is 0 Å². The van der Waals surface area contributed by atoms with E-state index in [1.54, 1.807) is 17.0 Å². The molecule has 0 spiro atoms. The highest BCUT2D eigenvalue weighted by molar-refractivity contribution is 6.07. The van der Waals surface area contributed by atoms with E-state index in [1.807, 2.05) is 60.7 Å². The molecule has 0 bridgehead atoms. The Morgan fingerprint density at radius 3 is 2.31 bits per heavy atom. The molecule has 0 aliphatic carbocycles. The molecular weight excluding hydrogens is 406 g/mol. The molecule has 1 atom stereocenters. The lowest BCUT2D eigenvalue weighted by atomic mass is 9.78. The molecule has 1 amide bonds. The van der Waals surface area contributed by atoms with Crippen molar-refractivity contribution in [3.05, 3.63) is 78.4 Å². The molecule has 1 aliphatic heterocycles. The second-order valence-corrected chi connectivity index (χ2v) is 8.34. The van der Waals surface area contributed by atoms with Gasteiger partial charge in [0.15, 0.2) is 0 Å². The molecule has 4 rings (SSSR count). The van der Waals surface area contributed by atoms with Crippen LogP contribution in [-0.4, -0.2) is 52.3 Å². The Bertz CT molecular complexity index is 1080. The van der Waals surface area contributed by atoms with Crippen molar-refractivity contribution in [1.29, 1.82) is 0 Å². The van der Waals surface area contributed by atoms with Gasteiger partial charge in [0.2, 0.25) is 0 Å². The molecule has 32 heavy (non-hydrogen) atoms. The number of aliphatic carboxylic acids is 1. The Balaban J connectivity index is 1.45.